The van der Waals surface area contributed by atoms with E-state index >= 15 is 0 Å². The molecule has 5 aromatic rings. The largest absolute Gasteiger partial charge is 0.508 e. The Balaban J connectivity index is 1.20. The topological polar surface area (TPSA) is 144 Å². The number of phenolic OH excluding ortho intramolecular Hbond substituents is 1. The van der Waals surface area contributed by atoms with Crippen molar-refractivity contribution in [3.8, 4) is 22.6 Å². The number of aliphatic hydroxyl groups is 1. The monoisotopic (exact) mass is 652 g/mol. The first kappa shape index (κ1) is 32.2. The molecule has 1 aliphatic heterocycles. The summed E-state index contributed by atoms with van der Waals surface area (Å²) >= 11 is 1.49. The van der Waals surface area contributed by atoms with Crippen LogP contribution in [0, 0.1) is 0 Å². The summed E-state index contributed by atoms with van der Waals surface area (Å²) in [5.41, 5.74) is 6.52. The van der Waals surface area contributed by atoms with Crippen molar-refractivity contribution in [1.82, 2.24) is 30.8 Å². The van der Waals surface area contributed by atoms with Gasteiger partial charge in [0.15, 0.2) is 6.29 Å². The fourth-order valence-corrected chi connectivity index (χ4v) is 6.30. The summed E-state index contributed by atoms with van der Waals surface area (Å²) in [6.07, 6.45) is -0.422. The van der Waals surface area contributed by atoms with E-state index in [-0.39, 0.29) is 30.6 Å². The Morgan fingerprint density at radius 1 is 0.936 bits per heavy atom. The first-order chi connectivity index (χ1) is 23.0. The predicted molar refractivity (Wildman–Crippen MR) is 178 cm³/mol. The highest BCUT2D eigenvalue weighted by Gasteiger charge is 2.32. The normalized spacial score (nSPS) is 17.7. The number of aromatic hydroxyl groups is 1. The quantitative estimate of drug-likeness (QED) is 0.132. The van der Waals surface area contributed by atoms with E-state index in [0.717, 1.165) is 39.1 Å². The predicted octanol–water partition coefficient (Wildman–Crippen LogP) is 5.68. The number of amides is 2. The minimum atomic E-state index is -0.617. The van der Waals surface area contributed by atoms with Crippen LogP contribution in [0.15, 0.2) is 102 Å². The average Bonchev–Trinajstić information content (AvgIpc) is 3.59. The van der Waals surface area contributed by atoms with Gasteiger partial charge in [0.2, 0.25) is 5.16 Å². The lowest BCUT2D eigenvalue weighted by Crippen LogP contribution is -2.34. The van der Waals surface area contributed by atoms with Gasteiger partial charge in [-0.3, -0.25) is 0 Å². The molecule has 0 bridgehead atoms. The number of aromatic nitrogens is 4. The zero-order valence-electron chi connectivity index (χ0n) is 25.8. The van der Waals surface area contributed by atoms with Crippen molar-refractivity contribution in [3.63, 3.8) is 0 Å². The lowest BCUT2D eigenvalue weighted by atomic mass is 9.98. The molecule has 0 radical (unpaired) electrons. The molecule has 1 aromatic heterocycles. The van der Waals surface area contributed by atoms with E-state index in [2.05, 4.69) is 26.2 Å². The van der Waals surface area contributed by atoms with Crippen LogP contribution in [0.25, 0.3) is 16.8 Å². The zero-order valence-corrected chi connectivity index (χ0v) is 26.6. The molecule has 1 aliphatic rings. The Labute approximate surface area is 276 Å². The summed E-state index contributed by atoms with van der Waals surface area (Å²) in [5.74, 6) is 0.745. The summed E-state index contributed by atoms with van der Waals surface area (Å²) in [7, 11) is 0. The van der Waals surface area contributed by atoms with Crippen molar-refractivity contribution in [1.29, 1.82) is 0 Å². The maximum atomic E-state index is 12.0. The standard InChI is InChI=1S/C35H36N6O5S/c1-2-36-34(44)37-20-27-5-3-4-6-31(27)24-11-13-26(14-12-24)33-45-30(19-32(46-33)25-9-7-23(21-42)8-10-25)22-47-35-38-39-40-41(35)28-15-17-29(43)18-16-28/h3-18,30,32-33,42-43H,2,19-22H2,1H3,(H2,36,37,44)/t30-,32+,33+/m1/s1. The van der Waals surface area contributed by atoms with Gasteiger partial charge in [0.05, 0.1) is 24.5 Å². The third-order valence-corrected chi connectivity index (χ3v) is 8.89. The van der Waals surface area contributed by atoms with Gasteiger partial charge in [0.1, 0.15) is 5.75 Å². The molecule has 3 atom stereocenters. The summed E-state index contributed by atoms with van der Waals surface area (Å²) in [5, 5.41) is 37.7. The number of tetrazole rings is 1. The third kappa shape index (κ3) is 7.98. The molecule has 0 aliphatic carbocycles. The highest BCUT2D eigenvalue weighted by Crippen LogP contribution is 2.40. The Morgan fingerprint density at radius 3 is 2.43 bits per heavy atom. The van der Waals surface area contributed by atoms with Gasteiger partial charge >= 0.3 is 6.03 Å². The molecule has 4 aromatic carbocycles. The number of carbonyl (C=O) groups is 1. The van der Waals surface area contributed by atoms with E-state index in [4.69, 9.17) is 9.47 Å². The van der Waals surface area contributed by atoms with Crippen molar-refractivity contribution in [2.24, 2.45) is 0 Å². The fraction of sp³-hybridized carbons (Fsp3) is 0.257. The summed E-state index contributed by atoms with van der Waals surface area (Å²) in [6, 6.07) is 30.4. The van der Waals surface area contributed by atoms with E-state index in [1.807, 2.05) is 79.7 Å². The molecule has 1 fully saturated rings. The molecule has 47 heavy (non-hydrogen) atoms. The minimum Gasteiger partial charge on any atom is -0.508 e. The van der Waals surface area contributed by atoms with Crippen LogP contribution in [-0.2, 0) is 22.6 Å². The van der Waals surface area contributed by atoms with E-state index < -0.39 is 6.29 Å². The van der Waals surface area contributed by atoms with Crippen molar-refractivity contribution >= 4 is 17.8 Å². The van der Waals surface area contributed by atoms with Crippen LogP contribution in [0.3, 0.4) is 0 Å². The van der Waals surface area contributed by atoms with Crippen molar-refractivity contribution in [2.75, 3.05) is 12.3 Å². The molecule has 242 valence electrons. The lowest BCUT2D eigenvalue weighted by Gasteiger charge is -2.36. The van der Waals surface area contributed by atoms with Gasteiger partial charge in [-0.25, -0.2) is 4.79 Å². The Kier molecular flexibility index (Phi) is 10.4. The molecule has 6 rings (SSSR count). The second kappa shape index (κ2) is 15.2. The fourth-order valence-electron chi connectivity index (χ4n) is 5.39. The zero-order chi connectivity index (χ0) is 32.6. The van der Waals surface area contributed by atoms with Gasteiger partial charge in [-0.15, -0.1) is 5.10 Å². The number of benzene rings is 4. The molecule has 0 unspecified atom stereocenters. The number of urea groups is 1. The van der Waals surface area contributed by atoms with E-state index in [9.17, 15) is 15.0 Å². The number of hydrogen-bond acceptors (Lipinski definition) is 9. The molecule has 1 saturated heterocycles. The SMILES string of the molecule is CCNC(=O)NCc1ccccc1-c1ccc([C@H]2O[C@@H](CSc3nnnn3-c3ccc(O)cc3)C[C@@H](c3ccc(CO)cc3)O2)cc1. The molecule has 2 amide bonds. The van der Waals surface area contributed by atoms with E-state index in [0.29, 0.717) is 30.4 Å². The molecule has 2 heterocycles. The number of rotatable bonds is 11. The number of thioether (sulfide) groups is 1. The van der Waals surface area contributed by atoms with Crippen LogP contribution < -0.4 is 10.6 Å². The molecule has 12 heteroatoms. The molecule has 4 N–H and O–H groups in total. The summed E-state index contributed by atoms with van der Waals surface area (Å²) < 4.78 is 14.7. The highest BCUT2D eigenvalue weighted by molar-refractivity contribution is 7.99. The van der Waals surface area contributed by atoms with Crippen LogP contribution in [-0.4, -0.2) is 54.9 Å². The Hall–Kier alpha value is -4.75. The Bertz CT molecular complexity index is 1770. The maximum Gasteiger partial charge on any atom is 0.315 e. The third-order valence-electron chi connectivity index (χ3n) is 7.84. The second-order valence-electron chi connectivity index (χ2n) is 11.0. The average molecular weight is 653 g/mol. The summed E-state index contributed by atoms with van der Waals surface area (Å²) in [6.45, 7) is 2.83. The van der Waals surface area contributed by atoms with Gasteiger partial charge in [-0.1, -0.05) is 84.6 Å². The van der Waals surface area contributed by atoms with E-state index in [1.165, 1.54) is 11.8 Å². The highest BCUT2D eigenvalue weighted by atomic mass is 32.2. The number of nitrogens with zero attached hydrogens (tertiary/aromatic N) is 4. The van der Waals surface area contributed by atoms with Gasteiger partial charge < -0.3 is 30.3 Å². The second-order valence-corrected chi connectivity index (χ2v) is 12.0. The van der Waals surface area contributed by atoms with Gasteiger partial charge in [-0.05, 0) is 69.4 Å². The van der Waals surface area contributed by atoms with Crippen LogP contribution in [0.5, 0.6) is 5.75 Å². The van der Waals surface area contributed by atoms with Gasteiger partial charge in [-0.2, -0.15) is 4.68 Å². The smallest absolute Gasteiger partial charge is 0.315 e. The van der Waals surface area contributed by atoms with Crippen LogP contribution in [0.2, 0.25) is 0 Å². The molecule has 11 nitrogen and oxygen atoms in total. The van der Waals surface area contributed by atoms with Crippen LogP contribution >= 0.6 is 11.8 Å². The van der Waals surface area contributed by atoms with Crippen molar-refractivity contribution < 1.29 is 24.5 Å². The van der Waals surface area contributed by atoms with Crippen LogP contribution in [0.1, 0.15) is 48.0 Å². The van der Waals surface area contributed by atoms with E-state index in [1.54, 1.807) is 28.9 Å². The molecular weight excluding hydrogens is 616 g/mol. The van der Waals surface area contributed by atoms with Crippen molar-refractivity contribution in [3.05, 3.63) is 119 Å². The number of nitrogens with one attached hydrogen (secondary N) is 2. The lowest BCUT2D eigenvalue weighted by molar-refractivity contribution is -0.245. The number of hydrogen-bond donors (Lipinski definition) is 4. The molecule has 0 spiro atoms. The maximum absolute atomic E-state index is 12.0. The minimum absolute atomic E-state index is 0.0238. The summed E-state index contributed by atoms with van der Waals surface area (Å²) in [4.78, 5) is 12.0. The van der Waals surface area contributed by atoms with Crippen LogP contribution in [0.4, 0.5) is 4.79 Å². The number of aliphatic hydroxyl groups excluding tert-OH is 1. The van der Waals surface area contributed by atoms with Gasteiger partial charge in [0, 0.05) is 30.8 Å². The molecule has 0 saturated carbocycles. The number of ether oxygens (including phenoxy) is 2. The number of carbonyl (C=O) groups excluding carboxylic acids is 1. The first-order valence-electron chi connectivity index (χ1n) is 15.4. The Morgan fingerprint density at radius 2 is 1.68 bits per heavy atom. The first-order valence-corrected chi connectivity index (χ1v) is 16.4. The number of phenols is 1. The van der Waals surface area contributed by atoms with Gasteiger partial charge in [0.25, 0.3) is 0 Å². The van der Waals surface area contributed by atoms with Crippen molar-refractivity contribution in [2.45, 2.75) is 50.2 Å². The molecular formula is C35H36N6O5S.